The summed E-state index contributed by atoms with van der Waals surface area (Å²) in [6, 6.07) is 5.65. The van der Waals surface area contributed by atoms with Crippen molar-refractivity contribution in [3.63, 3.8) is 0 Å². The van der Waals surface area contributed by atoms with Crippen molar-refractivity contribution in [2.24, 2.45) is 0 Å². The highest BCUT2D eigenvalue weighted by molar-refractivity contribution is 5.95. The normalized spacial score (nSPS) is 10.2. The molecule has 0 fully saturated rings. The van der Waals surface area contributed by atoms with Gasteiger partial charge in [-0.25, -0.2) is 14.4 Å². The molecule has 0 radical (unpaired) electrons. The second kappa shape index (κ2) is 8.63. The highest BCUT2D eigenvalue weighted by Crippen LogP contribution is 2.21. The molecule has 1 heterocycles. The first-order chi connectivity index (χ1) is 11.6. The van der Waals surface area contributed by atoms with Crippen LogP contribution in [0.4, 0.5) is 21.7 Å². The zero-order chi connectivity index (χ0) is 17.4. The number of methoxy groups -OCH3 is 1. The molecule has 0 bridgehead atoms. The fraction of sp³-hybridized carbons (Fsp3) is 0.267. The van der Waals surface area contributed by atoms with E-state index < -0.39 is 11.7 Å². The van der Waals surface area contributed by atoms with Crippen LogP contribution in [0.25, 0.3) is 0 Å². The molecule has 24 heavy (non-hydrogen) atoms. The fourth-order valence-electron chi connectivity index (χ4n) is 1.89. The largest absolute Gasteiger partial charge is 0.393 e. The number of benzene rings is 1. The molecule has 0 unspecified atom stereocenters. The molecule has 1 amide bonds. The van der Waals surface area contributed by atoms with Crippen LogP contribution in [0.3, 0.4) is 0 Å². The van der Waals surface area contributed by atoms with Crippen LogP contribution in [0.2, 0.25) is 0 Å². The molecule has 0 saturated carbocycles. The number of halogens is 1. The molecule has 8 nitrogen and oxygen atoms in total. The molecule has 0 saturated heterocycles. The third-order valence-corrected chi connectivity index (χ3v) is 3.11. The zero-order valence-corrected chi connectivity index (χ0v) is 13.2. The molecule has 0 aliphatic carbocycles. The van der Waals surface area contributed by atoms with Gasteiger partial charge >= 0.3 is 0 Å². The molecule has 9 heteroatoms. The van der Waals surface area contributed by atoms with E-state index in [0.717, 1.165) is 6.42 Å². The number of nitrogen functional groups attached to an aromatic ring is 1. The van der Waals surface area contributed by atoms with Gasteiger partial charge in [0.1, 0.15) is 17.8 Å². The second-order valence-corrected chi connectivity index (χ2v) is 4.82. The van der Waals surface area contributed by atoms with Gasteiger partial charge in [0.05, 0.1) is 5.56 Å². The number of anilines is 3. The molecule has 1 aromatic carbocycles. The molecule has 0 spiro atoms. The van der Waals surface area contributed by atoms with Crippen LogP contribution in [-0.2, 0) is 4.74 Å². The standard InChI is InChI=1S/C15H19FN6O2/c1-24-8-4-7-18-13-12(17)14(20-9-19-13)21-22-15(23)10-5-2-3-6-11(10)16/h2-3,5-6,9H,4,7-8,17H2,1H3,(H,22,23)(H2,18,19,20,21). The van der Waals surface area contributed by atoms with Crippen LogP contribution in [-0.4, -0.2) is 36.1 Å². The molecule has 0 aliphatic rings. The van der Waals surface area contributed by atoms with Gasteiger partial charge in [0.25, 0.3) is 5.91 Å². The van der Waals surface area contributed by atoms with Crippen LogP contribution < -0.4 is 21.9 Å². The third-order valence-electron chi connectivity index (χ3n) is 3.11. The number of aromatic nitrogens is 2. The van der Waals surface area contributed by atoms with Crippen LogP contribution in [0.15, 0.2) is 30.6 Å². The quantitative estimate of drug-likeness (QED) is 0.426. The van der Waals surface area contributed by atoms with E-state index in [1.807, 2.05) is 0 Å². The second-order valence-electron chi connectivity index (χ2n) is 4.82. The molecule has 0 aliphatic heterocycles. The summed E-state index contributed by atoms with van der Waals surface area (Å²) in [5, 5.41) is 3.05. The molecule has 0 atom stereocenters. The first kappa shape index (κ1) is 17.4. The van der Waals surface area contributed by atoms with Gasteiger partial charge in [-0.05, 0) is 18.6 Å². The molecule has 5 N–H and O–H groups in total. The Kier molecular flexibility index (Phi) is 6.26. The summed E-state index contributed by atoms with van der Waals surface area (Å²) in [7, 11) is 1.62. The number of hydrogen-bond donors (Lipinski definition) is 4. The summed E-state index contributed by atoms with van der Waals surface area (Å²) in [6.45, 7) is 1.23. The lowest BCUT2D eigenvalue weighted by Crippen LogP contribution is -2.31. The number of hydrogen-bond acceptors (Lipinski definition) is 7. The van der Waals surface area contributed by atoms with Crippen molar-refractivity contribution >= 4 is 23.2 Å². The predicted octanol–water partition coefficient (Wildman–Crippen LogP) is 1.40. The van der Waals surface area contributed by atoms with Crippen LogP contribution in [0.5, 0.6) is 0 Å². The Morgan fingerprint density at radius 3 is 2.79 bits per heavy atom. The molecular formula is C15H19FN6O2. The van der Waals surface area contributed by atoms with Crippen molar-refractivity contribution in [3.8, 4) is 0 Å². The van der Waals surface area contributed by atoms with Crippen molar-refractivity contribution in [2.75, 3.05) is 36.7 Å². The summed E-state index contributed by atoms with van der Waals surface area (Å²) in [6.07, 6.45) is 2.08. The van der Waals surface area contributed by atoms with Crippen molar-refractivity contribution < 1.29 is 13.9 Å². The van der Waals surface area contributed by atoms with Crippen LogP contribution in [0.1, 0.15) is 16.8 Å². The number of rotatable bonds is 8. The summed E-state index contributed by atoms with van der Waals surface area (Å²) < 4.78 is 18.5. The number of ether oxygens (including phenoxy) is 1. The van der Waals surface area contributed by atoms with Crippen LogP contribution in [0, 0.1) is 5.82 Å². The Morgan fingerprint density at radius 2 is 2.04 bits per heavy atom. The smallest absolute Gasteiger partial charge is 0.272 e. The van der Waals surface area contributed by atoms with Crippen molar-refractivity contribution in [1.82, 2.24) is 15.4 Å². The molecule has 2 aromatic rings. The molecular weight excluding hydrogens is 315 g/mol. The van der Waals surface area contributed by atoms with Crippen molar-refractivity contribution in [2.45, 2.75) is 6.42 Å². The SMILES string of the molecule is COCCCNc1ncnc(NNC(=O)c2ccccc2F)c1N. The van der Waals surface area contributed by atoms with Crippen molar-refractivity contribution in [1.29, 1.82) is 0 Å². The minimum Gasteiger partial charge on any atom is -0.393 e. The lowest BCUT2D eigenvalue weighted by atomic mass is 10.2. The maximum absolute atomic E-state index is 13.6. The number of nitrogens with one attached hydrogen (secondary N) is 3. The van der Waals surface area contributed by atoms with E-state index in [-0.39, 0.29) is 17.1 Å². The van der Waals surface area contributed by atoms with E-state index in [9.17, 15) is 9.18 Å². The summed E-state index contributed by atoms with van der Waals surface area (Å²) in [5.41, 5.74) is 11.0. The van der Waals surface area contributed by atoms with Gasteiger partial charge in [0.15, 0.2) is 11.6 Å². The average Bonchev–Trinajstić information content (AvgIpc) is 2.59. The number of carbonyl (C=O) groups is 1. The number of amides is 1. The Balaban J connectivity index is 1.97. The van der Waals surface area contributed by atoms with E-state index >= 15 is 0 Å². The van der Waals surface area contributed by atoms with E-state index in [1.165, 1.54) is 24.5 Å². The molecule has 128 valence electrons. The first-order valence-corrected chi connectivity index (χ1v) is 7.27. The predicted molar refractivity (Wildman–Crippen MR) is 88.9 cm³/mol. The average molecular weight is 334 g/mol. The summed E-state index contributed by atoms with van der Waals surface area (Å²) in [4.78, 5) is 19.9. The summed E-state index contributed by atoms with van der Waals surface area (Å²) >= 11 is 0. The fourth-order valence-corrected chi connectivity index (χ4v) is 1.89. The van der Waals surface area contributed by atoms with Crippen molar-refractivity contribution in [3.05, 3.63) is 42.0 Å². The van der Waals surface area contributed by atoms with Gasteiger partial charge in [0.2, 0.25) is 0 Å². The van der Waals surface area contributed by atoms with Gasteiger partial charge in [0, 0.05) is 20.3 Å². The van der Waals surface area contributed by atoms with E-state index in [4.69, 9.17) is 10.5 Å². The molecule has 1 aromatic heterocycles. The van der Waals surface area contributed by atoms with Crippen LogP contribution >= 0.6 is 0 Å². The maximum atomic E-state index is 13.6. The Hall–Kier alpha value is -2.94. The highest BCUT2D eigenvalue weighted by Gasteiger charge is 2.12. The Morgan fingerprint density at radius 1 is 1.29 bits per heavy atom. The minimum atomic E-state index is -0.638. The molecule has 2 rings (SSSR count). The number of carbonyl (C=O) groups excluding carboxylic acids is 1. The third kappa shape index (κ3) is 4.53. The number of nitrogens with two attached hydrogens (primary N) is 1. The number of nitrogens with zero attached hydrogens (tertiary/aromatic N) is 2. The van der Waals surface area contributed by atoms with E-state index in [1.54, 1.807) is 13.2 Å². The Labute approximate surface area is 138 Å². The lowest BCUT2D eigenvalue weighted by Gasteiger charge is -2.13. The highest BCUT2D eigenvalue weighted by atomic mass is 19.1. The minimum absolute atomic E-state index is 0.0875. The lowest BCUT2D eigenvalue weighted by molar-refractivity contribution is 0.0958. The van der Waals surface area contributed by atoms with Gasteiger partial charge < -0.3 is 15.8 Å². The van der Waals surface area contributed by atoms with E-state index in [2.05, 4.69) is 26.1 Å². The maximum Gasteiger partial charge on any atom is 0.272 e. The van der Waals surface area contributed by atoms with Gasteiger partial charge in [-0.3, -0.25) is 15.6 Å². The van der Waals surface area contributed by atoms with Gasteiger partial charge in [-0.2, -0.15) is 0 Å². The summed E-state index contributed by atoms with van der Waals surface area (Å²) in [5.74, 6) is -0.610. The topological polar surface area (TPSA) is 114 Å². The van der Waals surface area contributed by atoms with Gasteiger partial charge in [-0.1, -0.05) is 12.1 Å². The zero-order valence-electron chi connectivity index (χ0n) is 13.2. The van der Waals surface area contributed by atoms with Gasteiger partial charge in [-0.15, -0.1) is 0 Å². The Bertz CT molecular complexity index is 697. The number of hydrazine groups is 1. The van der Waals surface area contributed by atoms with E-state index in [0.29, 0.717) is 19.0 Å². The monoisotopic (exact) mass is 334 g/mol. The first-order valence-electron chi connectivity index (χ1n) is 7.27.